The lowest BCUT2D eigenvalue weighted by atomic mass is 9.98. The lowest BCUT2D eigenvalue weighted by Gasteiger charge is -2.13. The first kappa shape index (κ1) is 32.6. The Morgan fingerprint density at radius 2 is 0.768 bits per heavy atom. The Balaban J connectivity index is 1.02. The van der Waals surface area contributed by atoms with Gasteiger partial charge in [-0.25, -0.2) is 15.0 Å². The Kier molecular flexibility index (Phi) is 7.87. The quantitative estimate of drug-likeness (QED) is 0.170. The van der Waals surface area contributed by atoms with Crippen LogP contribution in [0.1, 0.15) is 0 Å². The highest BCUT2D eigenvalue weighted by atomic mass is 32.1. The molecule has 56 heavy (non-hydrogen) atoms. The Morgan fingerprint density at radius 1 is 0.268 bits per heavy atom. The smallest absolute Gasteiger partial charge is 0.165 e. The van der Waals surface area contributed by atoms with Crippen LogP contribution in [0.4, 0.5) is 0 Å². The molecule has 8 aromatic carbocycles. The van der Waals surface area contributed by atoms with Crippen molar-refractivity contribution in [2.45, 2.75) is 0 Å². The standard InChI is InChI=1S/C51H31N3S2/c1-2-12-34(13-3-1)38-16-4-5-19-42(38)50-52-49(53-51(54-50)43-21-11-20-41-39-17-6-9-23-46(39)56-48(41)43)37-15-10-14-35(30-37)32-24-26-33(27-25-32)36-28-29-47-44(31-36)40-18-7-8-22-45(40)55-47/h1-31H. The summed E-state index contributed by atoms with van der Waals surface area (Å²) in [6, 6.07) is 66.8. The molecule has 3 nitrogen and oxygen atoms in total. The zero-order chi connectivity index (χ0) is 37.0. The van der Waals surface area contributed by atoms with Gasteiger partial charge in [0.15, 0.2) is 17.5 Å². The summed E-state index contributed by atoms with van der Waals surface area (Å²) in [5.74, 6) is 1.95. The van der Waals surface area contributed by atoms with Crippen molar-refractivity contribution in [1.82, 2.24) is 15.0 Å². The summed E-state index contributed by atoms with van der Waals surface area (Å²) in [5.41, 5.74) is 9.76. The molecule has 5 heteroatoms. The first-order chi connectivity index (χ1) is 27.7. The summed E-state index contributed by atoms with van der Waals surface area (Å²) in [6.45, 7) is 0. The lowest BCUT2D eigenvalue weighted by Crippen LogP contribution is -2.01. The highest BCUT2D eigenvalue weighted by Gasteiger charge is 2.19. The monoisotopic (exact) mass is 749 g/mol. The highest BCUT2D eigenvalue weighted by Crippen LogP contribution is 2.41. The van der Waals surface area contributed by atoms with Crippen molar-refractivity contribution in [3.63, 3.8) is 0 Å². The Labute approximate surface area is 331 Å². The van der Waals surface area contributed by atoms with E-state index in [0.29, 0.717) is 17.5 Å². The molecule has 0 aliphatic carbocycles. The minimum atomic E-state index is 0.640. The minimum Gasteiger partial charge on any atom is -0.208 e. The van der Waals surface area contributed by atoms with Crippen LogP contribution in [0.15, 0.2) is 188 Å². The average Bonchev–Trinajstić information content (AvgIpc) is 3.85. The fraction of sp³-hybridized carbons (Fsp3) is 0. The SMILES string of the molecule is c1ccc(-c2ccccc2-c2nc(-c3cccc(-c4ccc(-c5ccc6sc7ccccc7c6c5)cc4)c3)nc(-c3cccc4c3sc3ccccc34)n2)cc1. The molecule has 0 fully saturated rings. The van der Waals surface area contributed by atoms with Gasteiger partial charge < -0.3 is 0 Å². The van der Waals surface area contributed by atoms with Crippen LogP contribution in [-0.4, -0.2) is 15.0 Å². The van der Waals surface area contributed by atoms with Crippen molar-refractivity contribution in [2.24, 2.45) is 0 Å². The molecule has 0 atom stereocenters. The molecule has 0 bridgehead atoms. The third-order valence-corrected chi connectivity index (χ3v) is 13.0. The average molecular weight is 750 g/mol. The summed E-state index contributed by atoms with van der Waals surface area (Å²) in [6.07, 6.45) is 0. The van der Waals surface area contributed by atoms with Crippen LogP contribution in [-0.2, 0) is 0 Å². The zero-order valence-corrected chi connectivity index (χ0v) is 31.7. The molecule has 0 N–H and O–H groups in total. The minimum absolute atomic E-state index is 0.640. The van der Waals surface area contributed by atoms with Gasteiger partial charge in [-0.15, -0.1) is 22.7 Å². The molecule has 262 valence electrons. The first-order valence-corrected chi connectivity index (χ1v) is 20.3. The van der Waals surface area contributed by atoms with Gasteiger partial charge in [0.2, 0.25) is 0 Å². The molecule has 0 saturated heterocycles. The molecule has 3 aromatic heterocycles. The number of benzene rings is 8. The van der Waals surface area contributed by atoms with Gasteiger partial charge in [0.1, 0.15) is 0 Å². The summed E-state index contributed by atoms with van der Waals surface area (Å²) < 4.78 is 5.06. The van der Waals surface area contributed by atoms with Crippen LogP contribution >= 0.6 is 22.7 Å². The van der Waals surface area contributed by atoms with Crippen molar-refractivity contribution < 1.29 is 0 Å². The van der Waals surface area contributed by atoms with E-state index in [1.165, 1.54) is 51.5 Å². The molecular weight excluding hydrogens is 719 g/mol. The maximum Gasteiger partial charge on any atom is 0.165 e. The predicted molar refractivity (Wildman–Crippen MR) is 238 cm³/mol. The van der Waals surface area contributed by atoms with Gasteiger partial charge in [-0.1, -0.05) is 152 Å². The van der Waals surface area contributed by atoms with E-state index in [9.17, 15) is 0 Å². The Hall–Kier alpha value is -6.79. The number of nitrogens with zero attached hydrogens (tertiary/aromatic N) is 3. The predicted octanol–water partition coefficient (Wildman–Crippen LogP) is 14.6. The van der Waals surface area contributed by atoms with Gasteiger partial charge in [0.25, 0.3) is 0 Å². The van der Waals surface area contributed by atoms with Crippen molar-refractivity contribution in [3.8, 4) is 67.5 Å². The molecule has 11 rings (SSSR count). The van der Waals surface area contributed by atoms with E-state index in [1.54, 1.807) is 11.3 Å². The molecule has 0 radical (unpaired) electrons. The van der Waals surface area contributed by atoms with Crippen LogP contribution < -0.4 is 0 Å². The molecule has 0 aliphatic rings. The van der Waals surface area contributed by atoms with Crippen molar-refractivity contribution in [3.05, 3.63) is 188 Å². The molecule has 0 saturated carbocycles. The van der Waals surface area contributed by atoms with Gasteiger partial charge in [-0.2, -0.15) is 0 Å². The summed E-state index contributed by atoms with van der Waals surface area (Å²) in [4.78, 5) is 15.7. The van der Waals surface area contributed by atoms with E-state index in [0.717, 1.165) is 38.9 Å². The maximum absolute atomic E-state index is 5.24. The van der Waals surface area contributed by atoms with Gasteiger partial charge in [-0.3, -0.25) is 0 Å². The fourth-order valence-corrected chi connectivity index (χ4v) is 10.1. The second-order valence-corrected chi connectivity index (χ2v) is 16.1. The van der Waals surface area contributed by atoms with Crippen LogP contribution in [0, 0.1) is 0 Å². The molecule has 11 aromatic rings. The highest BCUT2D eigenvalue weighted by molar-refractivity contribution is 7.26. The lowest BCUT2D eigenvalue weighted by molar-refractivity contribution is 1.08. The van der Waals surface area contributed by atoms with Crippen LogP contribution in [0.25, 0.3) is 108 Å². The van der Waals surface area contributed by atoms with Crippen LogP contribution in [0.3, 0.4) is 0 Å². The van der Waals surface area contributed by atoms with Crippen LogP contribution in [0.5, 0.6) is 0 Å². The van der Waals surface area contributed by atoms with Gasteiger partial charge in [-0.05, 0) is 69.8 Å². The number of rotatable bonds is 6. The van der Waals surface area contributed by atoms with Crippen molar-refractivity contribution in [1.29, 1.82) is 0 Å². The third kappa shape index (κ3) is 5.68. The first-order valence-electron chi connectivity index (χ1n) is 18.7. The molecule has 0 unspecified atom stereocenters. The largest absolute Gasteiger partial charge is 0.208 e. The molecular formula is C51H31N3S2. The topological polar surface area (TPSA) is 38.7 Å². The molecule has 0 spiro atoms. The number of hydrogen-bond donors (Lipinski definition) is 0. The number of aromatic nitrogens is 3. The number of thiophene rings is 2. The Bertz CT molecular complexity index is 3250. The Morgan fingerprint density at radius 3 is 1.55 bits per heavy atom. The van der Waals surface area contributed by atoms with Crippen LogP contribution in [0.2, 0.25) is 0 Å². The van der Waals surface area contributed by atoms with Crippen molar-refractivity contribution in [2.75, 3.05) is 0 Å². The summed E-state index contributed by atoms with van der Waals surface area (Å²) in [7, 11) is 0. The van der Waals surface area contributed by atoms with Crippen molar-refractivity contribution >= 4 is 63.0 Å². The molecule has 0 amide bonds. The normalized spacial score (nSPS) is 11.6. The number of fused-ring (bicyclic) bond motifs is 6. The molecule has 3 heterocycles. The van der Waals surface area contributed by atoms with E-state index < -0.39 is 0 Å². The maximum atomic E-state index is 5.24. The second kappa shape index (κ2) is 13.5. The van der Waals surface area contributed by atoms with Gasteiger partial charge >= 0.3 is 0 Å². The van der Waals surface area contributed by atoms with E-state index >= 15 is 0 Å². The summed E-state index contributed by atoms with van der Waals surface area (Å²) >= 11 is 3.64. The fourth-order valence-electron chi connectivity index (χ4n) is 7.82. The summed E-state index contributed by atoms with van der Waals surface area (Å²) in [5, 5.41) is 5.09. The van der Waals surface area contributed by atoms with Gasteiger partial charge in [0.05, 0.1) is 0 Å². The number of hydrogen-bond acceptors (Lipinski definition) is 5. The third-order valence-electron chi connectivity index (χ3n) is 10.6. The van der Waals surface area contributed by atoms with E-state index in [-0.39, 0.29) is 0 Å². The zero-order valence-electron chi connectivity index (χ0n) is 30.1. The second-order valence-electron chi connectivity index (χ2n) is 14.0. The molecule has 0 aliphatic heterocycles. The van der Waals surface area contributed by atoms with E-state index in [1.807, 2.05) is 17.4 Å². The van der Waals surface area contributed by atoms with E-state index in [4.69, 9.17) is 15.0 Å². The van der Waals surface area contributed by atoms with E-state index in [2.05, 4.69) is 182 Å². The van der Waals surface area contributed by atoms with Gasteiger partial charge in [0, 0.05) is 57.0 Å².